The monoisotopic (exact) mass is 747 g/mol. The summed E-state index contributed by atoms with van der Waals surface area (Å²) in [7, 11) is -6.15. The van der Waals surface area contributed by atoms with Crippen LogP contribution in [0.2, 0.25) is 54.4 Å². The van der Waals surface area contributed by atoms with Gasteiger partial charge in [0.25, 0.3) is 0 Å². The van der Waals surface area contributed by atoms with Crippen molar-refractivity contribution in [1.29, 1.82) is 0 Å². The fourth-order valence-electron chi connectivity index (χ4n) is 5.73. The van der Waals surface area contributed by atoms with E-state index in [0.29, 0.717) is 12.5 Å². The van der Waals surface area contributed by atoms with E-state index in [0.717, 1.165) is 37.4 Å². The summed E-state index contributed by atoms with van der Waals surface area (Å²) in [6, 6.07) is 8.42. The molecule has 1 aromatic carbocycles. The summed E-state index contributed by atoms with van der Waals surface area (Å²) in [6.07, 6.45) is 6.37. The number of nitrogens with zero attached hydrogens (tertiary/aromatic N) is 5. The Kier molecular flexibility index (Phi) is 14.4. The predicted molar refractivity (Wildman–Crippen MR) is 218 cm³/mol. The van der Waals surface area contributed by atoms with Crippen LogP contribution in [0.15, 0.2) is 30.6 Å². The molecule has 0 amide bonds. The van der Waals surface area contributed by atoms with Crippen LogP contribution in [-0.2, 0) is 13.3 Å². The van der Waals surface area contributed by atoms with Crippen LogP contribution in [0.1, 0.15) is 94.9 Å². The van der Waals surface area contributed by atoms with Gasteiger partial charge in [0, 0.05) is 18.8 Å². The molecular weight excluding hydrogens is 673 g/mol. The molecule has 50 heavy (non-hydrogen) atoms. The largest absolute Gasteiger partial charge is 0.415 e. The predicted octanol–water partition coefficient (Wildman–Crippen LogP) is 9.76. The summed E-state index contributed by atoms with van der Waals surface area (Å²) in [5.74, 6) is 0.374. The average Bonchev–Trinajstić information content (AvgIpc) is 3.52. The molecule has 1 aliphatic rings. The molecule has 286 valence electrons. The molecule has 1 aliphatic heterocycles. The van der Waals surface area contributed by atoms with Gasteiger partial charge < -0.3 is 18.6 Å². The lowest BCUT2D eigenvalue weighted by atomic mass is 9.88. The summed E-state index contributed by atoms with van der Waals surface area (Å²) in [5, 5.41) is 15.4. The lowest BCUT2D eigenvalue weighted by molar-refractivity contribution is -0.101. The second-order valence-electron chi connectivity index (χ2n) is 19.4. The molecule has 0 unspecified atom stereocenters. The Hall–Kier alpha value is -1.42. The zero-order valence-corrected chi connectivity index (χ0v) is 37.8. The molecule has 12 heteroatoms. The molecule has 1 fully saturated rings. The van der Waals surface area contributed by atoms with Gasteiger partial charge in [-0.1, -0.05) is 82.1 Å². The highest BCUT2D eigenvalue weighted by Crippen LogP contribution is 2.44. The van der Waals surface area contributed by atoms with Gasteiger partial charge in [-0.05, 0) is 114 Å². The number of benzene rings is 1. The number of hydrogen-bond donors (Lipinski definition) is 1. The summed E-state index contributed by atoms with van der Waals surface area (Å²) in [6.45, 7) is 41.7. The second kappa shape index (κ2) is 16.7. The highest BCUT2D eigenvalue weighted by molar-refractivity contribution is 6.75. The maximum atomic E-state index is 7.52. The number of tetrazole rings is 1. The minimum Gasteiger partial charge on any atom is -0.415 e. The van der Waals surface area contributed by atoms with Gasteiger partial charge in [0.1, 0.15) is 6.33 Å². The molecule has 0 radical (unpaired) electrons. The Morgan fingerprint density at radius 1 is 0.740 bits per heavy atom. The fourth-order valence-corrected chi connectivity index (χ4v) is 9.47. The van der Waals surface area contributed by atoms with E-state index in [1.54, 1.807) is 11.0 Å². The van der Waals surface area contributed by atoms with E-state index >= 15 is 0 Å². The molecule has 1 N–H and O–H groups in total. The Labute approximate surface area is 309 Å². The first kappa shape index (κ1) is 43.0. The second-order valence-corrected chi connectivity index (χ2v) is 33.8. The molecule has 1 aromatic heterocycles. The third-order valence-electron chi connectivity index (χ3n) is 12.3. The Morgan fingerprint density at radius 2 is 1.28 bits per heavy atom. The van der Waals surface area contributed by atoms with Crippen LogP contribution in [-0.4, -0.2) is 94.6 Å². The topological polar surface area (TPSA) is 86.6 Å². The van der Waals surface area contributed by atoms with Crippen LogP contribution >= 0.6 is 0 Å². The first-order valence-corrected chi connectivity index (χ1v) is 27.9. The van der Waals surface area contributed by atoms with E-state index in [-0.39, 0.29) is 33.4 Å². The SMILES string of the molecule is C[C@H]1CN(CCCCCCNc2ccc(-n3cnnn3)cc2)[C@H](CO[Si](C)(C)C(C)(C)C)[C@@H](O[Si](C)(C)C(C)(C)C)[C@@H]1O[Si](C)(C)C(C)(C)C. The summed E-state index contributed by atoms with van der Waals surface area (Å²) in [4.78, 5) is 2.73. The van der Waals surface area contributed by atoms with Gasteiger partial charge >= 0.3 is 0 Å². The molecule has 4 atom stereocenters. The van der Waals surface area contributed by atoms with Gasteiger partial charge in [0.15, 0.2) is 25.0 Å². The van der Waals surface area contributed by atoms with E-state index in [4.69, 9.17) is 13.3 Å². The van der Waals surface area contributed by atoms with Crippen LogP contribution in [0, 0.1) is 5.92 Å². The zero-order chi connectivity index (χ0) is 37.8. The summed E-state index contributed by atoms with van der Waals surface area (Å²) in [5.41, 5.74) is 2.08. The number of likely N-dealkylation sites (tertiary alicyclic amines) is 1. The number of nitrogens with one attached hydrogen (secondary N) is 1. The molecule has 0 aliphatic carbocycles. The maximum absolute atomic E-state index is 7.52. The molecule has 0 spiro atoms. The number of anilines is 1. The molecule has 2 aromatic rings. The van der Waals surface area contributed by atoms with Crippen molar-refractivity contribution in [2.45, 2.75) is 168 Å². The van der Waals surface area contributed by atoms with Gasteiger partial charge in [0.05, 0.1) is 30.5 Å². The van der Waals surface area contributed by atoms with Crippen molar-refractivity contribution in [3.05, 3.63) is 30.6 Å². The quantitative estimate of drug-likeness (QED) is 0.134. The molecule has 3 rings (SSSR count). The first-order chi connectivity index (χ1) is 22.9. The highest BCUT2D eigenvalue weighted by atomic mass is 28.4. The summed E-state index contributed by atoms with van der Waals surface area (Å²) < 4.78 is 23.6. The van der Waals surface area contributed by atoms with E-state index in [1.807, 2.05) is 12.1 Å². The van der Waals surface area contributed by atoms with Crippen molar-refractivity contribution in [2.24, 2.45) is 5.92 Å². The van der Waals surface area contributed by atoms with E-state index < -0.39 is 25.0 Å². The van der Waals surface area contributed by atoms with E-state index in [9.17, 15) is 0 Å². The number of hydrogen-bond acceptors (Lipinski definition) is 8. The fraction of sp³-hybridized carbons (Fsp3) is 0.816. The standard InChI is InChI=1S/C38H74N6O3Si3/c1-30-27-43(26-20-18-17-19-25-39-31-21-23-32(24-22-31)44-29-40-41-42-44)33(28-45-48(11,12)36(2,3)4)35(47-50(15,16)38(8,9)10)34(30)46-49(13,14)37(5,6)7/h21-24,29-30,33-35,39H,17-20,25-28H2,1-16H3/t30-,33+,34+,35+/m0/s1. The van der Waals surface area contributed by atoms with Gasteiger partial charge in [-0.15, -0.1) is 5.10 Å². The molecule has 0 bridgehead atoms. The van der Waals surface area contributed by atoms with Crippen molar-refractivity contribution >= 4 is 30.6 Å². The number of unbranched alkanes of at least 4 members (excludes halogenated alkanes) is 3. The van der Waals surface area contributed by atoms with Crippen molar-refractivity contribution in [3.8, 4) is 5.69 Å². The smallest absolute Gasteiger partial charge is 0.192 e. The van der Waals surface area contributed by atoms with E-state index in [2.05, 4.69) is 146 Å². The highest BCUT2D eigenvalue weighted by Gasteiger charge is 2.52. The Morgan fingerprint density at radius 3 is 1.80 bits per heavy atom. The minimum absolute atomic E-state index is 0.0186. The van der Waals surface area contributed by atoms with Gasteiger partial charge in [0.2, 0.25) is 0 Å². The Balaban J connectivity index is 1.73. The molecule has 1 saturated heterocycles. The zero-order valence-electron chi connectivity index (χ0n) is 34.8. The van der Waals surface area contributed by atoms with Crippen molar-refractivity contribution in [3.63, 3.8) is 0 Å². The lowest BCUT2D eigenvalue weighted by Gasteiger charge is -2.54. The van der Waals surface area contributed by atoms with E-state index in [1.165, 1.54) is 19.3 Å². The van der Waals surface area contributed by atoms with Crippen LogP contribution in [0.3, 0.4) is 0 Å². The van der Waals surface area contributed by atoms with Crippen molar-refractivity contribution < 1.29 is 13.3 Å². The number of rotatable bonds is 16. The maximum Gasteiger partial charge on any atom is 0.192 e. The lowest BCUT2D eigenvalue weighted by Crippen LogP contribution is -2.66. The average molecular weight is 747 g/mol. The van der Waals surface area contributed by atoms with Crippen molar-refractivity contribution in [1.82, 2.24) is 25.1 Å². The van der Waals surface area contributed by atoms with Crippen LogP contribution in [0.25, 0.3) is 5.69 Å². The van der Waals surface area contributed by atoms with Crippen LogP contribution < -0.4 is 5.32 Å². The molecule has 2 heterocycles. The van der Waals surface area contributed by atoms with Crippen LogP contribution in [0.4, 0.5) is 5.69 Å². The minimum atomic E-state index is -2.12. The van der Waals surface area contributed by atoms with Crippen molar-refractivity contribution in [2.75, 3.05) is 31.6 Å². The summed E-state index contributed by atoms with van der Waals surface area (Å²) >= 11 is 0. The Bertz CT molecular complexity index is 1300. The van der Waals surface area contributed by atoms with Crippen LogP contribution in [0.5, 0.6) is 0 Å². The molecule has 9 nitrogen and oxygen atoms in total. The van der Waals surface area contributed by atoms with Gasteiger partial charge in [-0.3, -0.25) is 4.90 Å². The van der Waals surface area contributed by atoms with Gasteiger partial charge in [-0.25, -0.2) is 4.68 Å². The third kappa shape index (κ3) is 11.3. The van der Waals surface area contributed by atoms with Gasteiger partial charge in [-0.2, -0.15) is 0 Å². The number of piperidine rings is 1. The third-order valence-corrected chi connectivity index (χ3v) is 25.8. The normalized spacial score (nSPS) is 21.8. The number of aromatic nitrogens is 4. The first-order valence-electron chi connectivity index (χ1n) is 19.2. The molecular formula is C38H74N6O3Si3. The molecule has 0 saturated carbocycles.